The minimum absolute atomic E-state index is 0.0420. The van der Waals surface area contributed by atoms with Gasteiger partial charge in [-0.05, 0) is 75.3 Å². The summed E-state index contributed by atoms with van der Waals surface area (Å²) >= 11 is 0. The Morgan fingerprint density at radius 1 is 0.975 bits per heavy atom. The summed E-state index contributed by atoms with van der Waals surface area (Å²) in [6.45, 7) is 7.77. The first kappa shape index (κ1) is 28.8. The summed E-state index contributed by atoms with van der Waals surface area (Å²) in [6.07, 6.45) is 6.39. The molecule has 5 aliphatic rings. The lowest BCUT2D eigenvalue weighted by atomic mass is 9.49. The van der Waals surface area contributed by atoms with Gasteiger partial charge in [0.05, 0.1) is 17.8 Å². The number of rotatable bonds is 8. The van der Waals surface area contributed by atoms with Gasteiger partial charge in [0.1, 0.15) is 0 Å². The molecular formula is C33H48O7. The molecule has 6 rings (SSSR count). The minimum Gasteiger partial charge on any atom is -0.385 e. The monoisotopic (exact) mass is 556 g/mol. The van der Waals surface area contributed by atoms with Gasteiger partial charge < -0.3 is 33.5 Å². The predicted octanol–water partition coefficient (Wildman–Crippen LogP) is 6.01. The Labute approximate surface area is 239 Å². The van der Waals surface area contributed by atoms with E-state index in [1.54, 1.807) is 21.3 Å². The van der Waals surface area contributed by atoms with Crippen molar-refractivity contribution in [1.29, 1.82) is 0 Å². The number of aliphatic hydroxyl groups is 1. The number of allylic oxidation sites excluding steroid dienone is 1. The third-order valence-corrected chi connectivity index (χ3v) is 11.5. The molecule has 222 valence electrons. The maximum absolute atomic E-state index is 12.3. The van der Waals surface area contributed by atoms with Crippen LogP contribution >= 0.6 is 0 Å². The fourth-order valence-electron chi connectivity index (χ4n) is 9.50. The SMILES string of the molecule is CCO[C@@]1(COC)CCC2C3CC[C@@]4(O)CC(OC)(OC)CCC4=C3[C@@H](c3ccc(C4OC(C)O4)cc3)C[C@@]21C. The highest BCUT2D eigenvalue weighted by atomic mass is 16.9. The van der Waals surface area contributed by atoms with Gasteiger partial charge in [-0.2, -0.15) is 0 Å². The number of methoxy groups -OCH3 is 3. The standard InChI is InChI=1S/C33H48O7/c1-7-38-32(20-35-4)16-13-26-24-12-15-31(34)19-33(36-5,37-6)17-14-27(31)28(24)25(18-30(26,32)3)22-8-10-23(11-9-22)29-39-21(2)40-29/h8-11,21,24-26,29,34H,7,12-20H2,1-6H3/t21?,24?,25-,26?,29?,30+,31-,32-/m1/s1. The summed E-state index contributed by atoms with van der Waals surface area (Å²) in [7, 11) is 5.20. The summed E-state index contributed by atoms with van der Waals surface area (Å²) in [5.74, 6) is 0.361. The van der Waals surface area contributed by atoms with E-state index in [0.717, 1.165) is 50.5 Å². The van der Waals surface area contributed by atoms with Gasteiger partial charge in [0, 0.05) is 57.7 Å². The summed E-state index contributed by atoms with van der Waals surface area (Å²) < 4.78 is 35.8. The van der Waals surface area contributed by atoms with Gasteiger partial charge in [0.15, 0.2) is 18.4 Å². The van der Waals surface area contributed by atoms with Crippen molar-refractivity contribution < 1.29 is 33.5 Å². The van der Waals surface area contributed by atoms with Crippen LogP contribution in [-0.2, 0) is 28.4 Å². The molecule has 1 saturated heterocycles. The van der Waals surface area contributed by atoms with Crippen LogP contribution in [0.2, 0.25) is 0 Å². The van der Waals surface area contributed by atoms with E-state index in [1.165, 1.54) is 16.7 Å². The van der Waals surface area contributed by atoms with Crippen LogP contribution in [0.25, 0.3) is 0 Å². The molecule has 1 heterocycles. The van der Waals surface area contributed by atoms with E-state index in [4.69, 9.17) is 28.4 Å². The fraction of sp³-hybridized carbons (Fsp3) is 0.758. The molecule has 2 unspecified atom stereocenters. The fourth-order valence-corrected chi connectivity index (χ4v) is 9.50. The Morgan fingerprint density at radius 3 is 2.30 bits per heavy atom. The molecule has 1 N–H and O–H groups in total. The lowest BCUT2D eigenvalue weighted by molar-refractivity contribution is -0.382. The lowest BCUT2D eigenvalue weighted by Crippen LogP contribution is -2.57. The van der Waals surface area contributed by atoms with Crippen LogP contribution in [0.4, 0.5) is 0 Å². The second-order valence-corrected chi connectivity index (χ2v) is 13.1. The first-order valence-corrected chi connectivity index (χ1v) is 15.3. The van der Waals surface area contributed by atoms with Gasteiger partial charge >= 0.3 is 0 Å². The van der Waals surface area contributed by atoms with Crippen molar-refractivity contribution in [2.24, 2.45) is 17.3 Å². The van der Waals surface area contributed by atoms with Gasteiger partial charge in [-0.25, -0.2) is 0 Å². The molecule has 4 aliphatic carbocycles. The van der Waals surface area contributed by atoms with Crippen molar-refractivity contribution in [3.8, 4) is 0 Å². The molecule has 1 aliphatic heterocycles. The Bertz CT molecular complexity index is 1100. The second-order valence-electron chi connectivity index (χ2n) is 13.1. The van der Waals surface area contributed by atoms with Gasteiger partial charge in [-0.1, -0.05) is 36.8 Å². The van der Waals surface area contributed by atoms with E-state index in [1.807, 2.05) is 6.92 Å². The molecule has 6 atom stereocenters. The molecule has 0 amide bonds. The molecule has 7 nitrogen and oxygen atoms in total. The average Bonchev–Trinajstić information content (AvgIpc) is 3.22. The smallest absolute Gasteiger partial charge is 0.189 e. The summed E-state index contributed by atoms with van der Waals surface area (Å²) in [5, 5.41) is 12.3. The quantitative estimate of drug-likeness (QED) is 0.310. The number of benzene rings is 1. The van der Waals surface area contributed by atoms with Gasteiger partial charge in [-0.15, -0.1) is 0 Å². The predicted molar refractivity (Wildman–Crippen MR) is 151 cm³/mol. The second kappa shape index (κ2) is 10.4. The van der Waals surface area contributed by atoms with Gasteiger partial charge in [0.25, 0.3) is 0 Å². The molecule has 3 saturated carbocycles. The molecule has 0 spiro atoms. The zero-order valence-electron chi connectivity index (χ0n) is 25.2. The van der Waals surface area contributed by atoms with Crippen molar-refractivity contribution in [3.63, 3.8) is 0 Å². The van der Waals surface area contributed by atoms with Crippen LogP contribution in [0.5, 0.6) is 0 Å². The topological polar surface area (TPSA) is 75.6 Å². The number of ether oxygens (including phenoxy) is 6. The molecule has 7 heteroatoms. The zero-order valence-corrected chi connectivity index (χ0v) is 25.2. The molecule has 0 radical (unpaired) electrons. The normalized spacial score (nSPS) is 42.1. The Balaban J connectivity index is 1.45. The molecule has 1 aromatic rings. The minimum atomic E-state index is -0.909. The van der Waals surface area contributed by atoms with E-state index < -0.39 is 11.4 Å². The first-order chi connectivity index (χ1) is 19.2. The Kier molecular flexibility index (Phi) is 7.51. The van der Waals surface area contributed by atoms with E-state index in [2.05, 4.69) is 38.1 Å². The Hall–Kier alpha value is -1.32. The van der Waals surface area contributed by atoms with Crippen LogP contribution < -0.4 is 0 Å². The number of hydrogen-bond donors (Lipinski definition) is 1. The third-order valence-electron chi connectivity index (χ3n) is 11.5. The zero-order chi connectivity index (χ0) is 28.3. The lowest BCUT2D eigenvalue weighted by Gasteiger charge is -2.58. The maximum Gasteiger partial charge on any atom is 0.189 e. The van der Waals surface area contributed by atoms with Crippen LogP contribution in [-0.4, -0.2) is 62.9 Å². The number of hydrogen-bond acceptors (Lipinski definition) is 7. The highest BCUT2D eigenvalue weighted by molar-refractivity contribution is 5.44. The Morgan fingerprint density at radius 2 is 1.68 bits per heavy atom. The molecule has 40 heavy (non-hydrogen) atoms. The molecule has 4 fully saturated rings. The third kappa shape index (κ3) is 4.26. The summed E-state index contributed by atoms with van der Waals surface area (Å²) in [6, 6.07) is 8.80. The van der Waals surface area contributed by atoms with Crippen molar-refractivity contribution >= 4 is 0 Å². The molecular weight excluding hydrogens is 508 g/mol. The largest absolute Gasteiger partial charge is 0.385 e. The van der Waals surface area contributed by atoms with Crippen LogP contribution in [0.3, 0.4) is 0 Å². The van der Waals surface area contributed by atoms with Crippen molar-refractivity contribution in [2.45, 2.75) is 108 Å². The van der Waals surface area contributed by atoms with Gasteiger partial charge in [0.2, 0.25) is 0 Å². The van der Waals surface area contributed by atoms with Crippen molar-refractivity contribution in [3.05, 3.63) is 46.5 Å². The van der Waals surface area contributed by atoms with Crippen LogP contribution in [0.15, 0.2) is 35.4 Å². The molecule has 1 aromatic carbocycles. The summed E-state index contributed by atoms with van der Waals surface area (Å²) in [5.41, 5.74) is 3.79. The average molecular weight is 557 g/mol. The van der Waals surface area contributed by atoms with Crippen molar-refractivity contribution in [1.82, 2.24) is 0 Å². The maximum atomic E-state index is 12.3. The number of fused-ring (bicyclic) bond motifs is 4. The highest BCUT2D eigenvalue weighted by Gasteiger charge is 2.65. The van der Waals surface area contributed by atoms with Gasteiger partial charge in [-0.3, -0.25) is 0 Å². The highest BCUT2D eigenvalue weighted by Crippen LogP contribution is 2.68. The van der Waals surface area contributed by atoms with E-state index in [0.29, 0.717) is 31.5 Å². The molecule has 0 bridgehead atoms. The van der Waals surface area contributed by atoms with E-state index in [9.17, 15) is 5.11 Å². The molecule has 0 aromatic heterocycles. The van der Waals surface area contributed by atoms with E-state index in [-0.39, 0.29) is 29.5 Å². The summed E-state index contributed by atoms with van der Waals surface area (Å²) in [4.78, 5) is 0. The first-order valence-electron chi connectivity index (χ1n) is 15.3. The van der Waals surface area contributed by atoms with Crippen LogP contribution in [0.1, 0.15) is 95.5 Å². The van der Waals surface area contributed by atoms with Crippen LogP contribution in [0, 0.1) is 17.3 Å². The van der Waals surface area contributed by atoms with Crippen molar-refractivity contribution in [2.75, 3.05) is 34.5 Å². The van der Waals surface area contributed by atoms with E-state index >= 15 is 0 Å².